The summed E-state index contributed by atoms with van der Waals surface area (Å²) in [6, 6.07) is 17.8. The molecule has 0 spiro atoms. The molecule has 2 rings (SSSR count). The number of anilines is 2. The Labute approximate surface area is 95.3 Å². The molecule has 0 unspecified atom stereocenters. The average Bonchev–Trinajstić information content (AvgIpc) is 2.30. The minimum atomic E-state index is 0.756. The van der Waals surface area contributed by atoms with E-state index >= 15 is 0 Å². The lowest BCUT2D eigenvalue weighted by Crippen LogP contribution is -2.20. The van der Waals surface area contributed by atoms with E-state index in [1.807, 2.05) is 42.5 Å². The van der Waals surface area contributed by atoms with Crippen molar-refractivity contribution in [2.45, 2.75) is 6.54 Å². The molecule has 16 heavy (non-hydrogen) atoms. The Morgan fingerprint density at radius 2 is 1.75 bits per heavy atom. The van der Waals surface area contributed by atoms with Crippen molar-refractivity contribution in [2.75, 3.05) is 11.2 Å². The van der Waals surface area contributed by atoms with Gasteiger partial charge < -0.3 is 11.2 Å². The van der Waals surface area contributed by atoms with Crippen LogP contribution in [0.1, 0.15) is 5.56 Å². The van der Waals surface area contributed by atoms with Gasteiger partial charge in [-0.1, -0.05) is 36.4 Å². The number of rotatable bonds is 4. The number of hydrazine groups is 1. The summed E-state index contributed by atoms with van der Waals surface area (Å²) in [4.78, 5) is 0. The molecule has 0 saturated carbocycles. The van der Waals surface area contributed by atoms with Gasteiger partial charge in [-0.3, -0.25) is 0 Å². The van der Waals surface area contributed by atoms with Gasteiger partial charge in [0.15, 0.2) is 0 Å². The molecule has 3 nitrogen and oxygen atoms in total. The molecule has 0 atom stereocenters. The Kier molecular flexibility index (Phi) is 3.41. The minimum Gasteiger partial charge on any atom is -0.399 e. The molecule has 0 fully saturated rings. The zero-order valence-corrected chi connectivity index (χ0v) is 8.98. The Morgan fingerprint density at radius 1 is 0.938 bits per heavy atom. The third kappa shape index (κ3) is 3.00. The fourth-order valence-electron chi connectivity index (χ4n) is 1.46. The molecule has 0 saturated heterocycles. The van der Waals surface area contributed by atoms with Crippen LogP contribution in [0.5, 0.6) is 0 Å². The number of nitrogens with two attached hydrogens (primary N) is 1. The molecule has 0 aliphatic carbocycles. The van der Waals surface area contributed by atoms with Crippen molar-refractivity contribution in [3.8, 4) is 0 Å². The predicted octanol–water partition coefficient (Wildman–Crippen LogP) is 2.39. The second-order valence-corrected chi connectivity index (χ2v) is 3.59. The van der Waals surface area contributed by atoms with Crippen molar-refractivity contribution in [1.29, 1.82) is 0 Å². The molecule has 0 aromatic heterocycles. The first-order valence-corrected chi connectivity index (χ1v) is 5.23. The first-order chi connectivity index (χ1) is 7.84. The molecule has 0 amide bonds. The maximum Gasteiger partial charge on any atom is 0.0508 e. The number of nitrogen functional groups attached to an aromatic ring is 1. The first kappa shape index (κ1) is 10.5. The third-order valence-electron chi connectivity index (χ3n) is 2.25. The van der Waals surface area contributed by atoms with E-state index in [0.29, 0.717) is 0 Å². The maximum absolute atomic E-state index is 5.67. The van der Waals surface area contributed by atoms with E-state index in [1.54, 1.807) is 0 Å². The van der Waals surface area contributed by atoms with Crippen LogP contribution in [0.15, 0.2) is 54.6 Å². The topological polar surface area (TPSA) is 50.1 Å². The second-order valence-electron chi connectivity index (χ2n) is 3.59. The lowest BCUT2D eigenvalue weighted by Gasteiger charge is -2.08. The first-order valence-electron chi connectivity index (χ1n) is 5.23. The molecule has 2 aromatic carbocycles. The summed E-state index contributed by atoms with van der Waals surface area (Å²) in [5.41, 5.74) is 14.9. The molecule has 0 heterocycles. The molecule has 82 valence electrons. The van der Waals surface area contributed by atoms with Gasteiger partial charge in [0, 0.05) is 12.2 Å². The highest BCUT2D eigenvalue weighted by Gasteiger charge is 1.92. The Morgan fingerprint density at radius 3 is 2.50 bits per heavy atom. The van der Waals surface area contributed by atoms with Gasteiger partial charge in [-0.05, 0) is 23.8 Å². The van der Waals surface area contributed by atoms with Gasteiger partial charge in [-0.2, -0.15) is 0 Å². The maximum atomic E-state index is 5.67. The molecular weight excluding hydrogens is 198 g/mol. The van der Waals surface area contributed by atoms with Crippen LogP contribution in [-0.4, -0.2) is 0 Å². The van der Waals surface area contributed by atoms with Crippen LogP contribution < -0.4 is 16.6 Å². The van der Waals surface area contributed by atoms with Gasteiger partial charge in [-0.25, -0.2) is 5.43 Å². The smallest absolute Gasteiger partial charge is 0.0508 e. The van der Waals surface area contributed by atoms with E-state index in [4.69, 9.17) is 5.73 Å². The van der Waals surface area contributed by atoms with E-state index in [-0.39, 0.29) is 0 Å². The lowest BCUT2D eigenvalue weighted by molar-refractivity contribution is 0.801. The van der Waals surface area contributed by atoms with Crippen LogP contribution in [0.4, 0.5) is 11.4 Å². The van der Waals surface area contributed by atoms with Crippen molar-refractivity contribution >= 4 is 11.4 Å². The van der Waals surface area contributed by atoms with E-state index in [1.165, 1.54) is 5.56 Å². The van der Waals surface area contributed by atoms with Crippen molar-refractivity contribution in [2.24, 2.45) is 0 Å². The van der Waals surface area contributed by atoms with Crippen molar-refractivity contribution in [1.82, 2.24) is 5.43 Å². The predicted molar refractivity (Wildman–Crippen MR) is 67.8 cm³/mol. The highest BCUT2D eigenvalue weighted by molar-refractivity contribution is 5.53. The lowest BCUT2D eigenvalue weighted by atomic mass is 10.2. The summed E-state index contributed by atoms with van der Waals surface area (Å²) in [7, 11) is 0. The van der Waals surface area contributed by atoms with E-state index in [0.717, 1.165) is 17.9 Å². The molecule has 0 aliphatic heterocycles. The quantitative estimate of drug-likeness (QED) is 0.540. The van der Waals surface area contributed by atoms with Gasteiger partial charge in [0.05, 0.1) is 5.69 Å². The van der Waals surface area contributed by atoms with Crippen molar-refractivity contribution < 1.29 is 0 Å². The van der Waals surface area contributed by atoms with Crippen LogP contribution in [0, 0.1) is 0 Å². The van der Waals surface area contributed by atoms with E-state index in [9.17, 15) is 0 Å². The summed E-state index contributed by atoms with van der Waals surface area (Å²) in [6.07, 6.45) is 0. The standard InChI is InChI=1S/C13H15N3/c14-12-7-4-8-13(9-12)16-15-10-11-5-2-1-3-6-11/h1-9,15-16H,10,14H2. The van der Waals surface area contributed by atoms with Crippen LogP contribution >= 0.6 is 0 Å². The van der Waals surface area contributed by atoms with Gasteiger partial charge in [0.1, 0.15) is 0 Å². The fourth-order valence-corrected chi connectivity index (χ4v) is 1.46. The molecule has 0 bridgehead atoms. The summed E-state index contributed by atoms with van der Waals surface area (Å²) < 4.78 is 0. The van der Waals surface area contributed by atoms with Crippen LogP contribution in [0.2, 0.25) is 0 Å². The van der Waals surface area contributed by atoms with Crippen LogP contribution in [-0.2, 0) is 6.54 Å². The molecule has 4 N–H and O–H groups in total. The number of nitrogens with one attached hydrogen (secondary N) is 2. The van der Waals surface area contributed by atoms with Gasteiger partial charge >= 0.3 is 0 Å². The van der Waals surface area contributed by atoms with Gasteiger partial charge in [-0.15, -0.1) is 0 Å². The van der Waals surface area contributed by atoms with E-state index < -0.39 is 0 Å². The summed E-state index contributed by atoms with van der Waals surface area (Å²) in [5.74, 6) is 0. The average molecular weight is 213 g/mol. The molecular formula is C13H15N3. The highest BCUT2D eigenvalue weighted by atomic mass is 15.3. The zero-order valence-electron chi connectivity index (χ0n) is 8.98. The fraction of sp³-hybridized carbons (Fsp3) is 0.0769. The molecule has 0 aliphatic rings. The van der Waals surface area contributed by atoms with Crippen molar-refractivity contribution in [3.63, 3.8) is 0 Å². The monoisotopic (exact) mass is 213 g/mol. The normalized spacial score (nSPS) is 10.0. The molecule has 3 heteroatoms. The van der Waals surface area contributed by atoms with Crippen molar-refractivity contribution in [3.05, 3.63) is 60.2 Å². The molecule has 0 radical (unpaired) electrons. The second kappa shape index (κ2) is 5.19. The summed E-state index contributed by atoms with van der Waals surface area (Å²) in [5, 5.41) is 0. The third-order valence-corrected chi connectivity index (χ3v) is 2.25. The summed E-state index contributed by atoms with van der Waals surface area (Å²) >= 11 is 0. The zero-order chi connectivity index (χ0) is 11.2. The molecule has 2 aromatic rings. The van der Waals surface area contributed by atoms with Gasteiger partial charge in [0.2, 0.25) is 0 Å². The van der Waals surface area contributed by atoms with Crippen LogP contribution in [0.25, 0.3) is 0 Å². The van der Waals surface area contributed by atoms with E-state index in [2.05, 4.69) is 23.0 Å². The number of benzene rings is 2. The Hall–Kier alpha value is -2.00. The Balaban J connectivity index is 1.85. The Bertz CT molecular complexity index is 440. The SMILES string of the molecule is Nc1cccc(NNCc2ccccc2)c1. The highest BCUT2D eigenvalue weighted by Crippen LogP contribution is 2.10. The summed E-state index contributed by atoms with van der Waals surface area (Å²) in [6.45, 7) is 0.773. The number of hydrogen-bond acceptors (Lipinski definition) is 3. The largest absolute Gasteiger partial charge is 0.399 e. The van der Waals surface area contributed by atoms with Crippen LogP contribution in [0.3, 0.4) is 0 Å². The van der Waals surface area contributed by atoms with Gasteiger partial charge in [0.25, 0.3) is 0 Å². The minimum absolute atomic E-state index is 0.756. The number of hydrogen-bond donors (Lipinski definition) is 3.